The van der Waals surface area contributed by atoms with Crippen LogP contribution in [-0.4, -0.2) is 40.8 Å². The fourth-order valence-corrected chi connectivity index (χ4v) is 2.46. The quantitative estimate of drug-likeness (QED) is 0.655. The molecule has 8 heteroatoms. The smallest absolute Gasteiger partial charge is 0.261 e. The number of methoxy groups -OCH3 is 1. The normalized spacial score (nSPS) is 10.8. The van der Waals surface area contributed by atoms with Gasteiger partial charge >= 0.3 is 0 Å². The minimum absolute atomic E-state index is 0.335. The van der Waals surface area contributed by atoms with Crippen LogP contribution in [0.4, 0.5) is 5.69 Å². The predicted octanol–water partition coefficient (Wildman–Crippen LogP) is 3.05. The minimum Gasteiger partial charge on any atom is -0.491 e. The van der Waals surface area contributed by atoms with Crippen LogP contribution in [0, 0.1) is 0 Å². The number of amides is 1. The molecule has 0 fully saturated rings. The van der Waals surface area contributed by atoms with Crippen LogP contribution in [0.15, 0.2) is 42.9 Å². The number of aromatic nitrogens is 3. The van der Waals surface area contributed by atoms with Gasteiger partial charge in [0.1, 0.15) is 11.3 Å². The molecule has 0 atom stereocenters. The van der Waals surface area contributed by atoms with Crippen LogP contribution < -0.4 is 10.1 Å². The molecule has 0 spiro atoms. The van der Waals surface area contributed by atoms with Crippen LogP contribution in [0.3, 0.4) is 0 Å². The minimum atomic E-state index is -0.335. The van der Waals surface area contributed by atoms with Crippen LogP contribution >= 0.6 is 11.6 Å². The summed E-state index contributed by atoms with van der Waals surface area (Å²) in [6.45, 7) is 1.07. The summed E-state index contributed by atoms with van der Waals surface area (Å²) in [5.74, 6) is 0.205. The Morgan fingerprint density at radius 2 is 2.24 bits per heavy atom. The maximum atomic E-state index is 12.6. The van der Waals surface area contributed by atoms with Crippen molar-refractivity contribution in [2.45, 2.75) is 6.42 Å². The number of carbonyl (C=O) groups excluding carboxylic acids is 1. The summed E-state index contributed by atoms with van der Waals surface area (Å²) in [5, 5.41) is 7.43. The first kappa shape index (κ1) is 17.2. The van der Waals surface area contributed by atoms with Gasteiger partial charge in [0.15, 0.2) is 5.65 Å². The standard InChI is InChI=1S/C17H17ClN4O3/c1-24-8-3-9-25-15-5-4-12(18)10-14(15)21-17(23)13-11-20-22-7-2-6-19-16(13)22/h2,4-7,10-11H,3,8-9H2,1H3,(H,21,23). The molecule has 0 unspecified atom stereocenters. The Morgan fingerprint density at radius 3 is 3.08 bits per heavy atom. The average Bonchev–Trinajstić information content (AvgIpc) is 3.04. The van der Waals surface area contributed by atoms with E-state index in [1.165, 1.54) is 10.7 Å². The van der Waals surface area contributed by atoms with E-state index in [0.29, 0.717) is 40.9 Å². The summed E-state index contributed by atoms with van der Waals surface area (Å²) in [5.41, 5.74) is 1.33. The van der Waals surface area contributed by atoms with Crippen molar-refractivity contribution in [3.63, 3.8) is 0 Å². The van der Waals surface area contributed by atoms with Crippen LogP contribution in [0.25, 0.3) is 5.65 Å². The zero-order chi connectivity index (χ0) is 17.6. The highest BCUT2D eigenvalue weighted by Gasteiger charge is 2.16. The fraction of sp³-hybridized carbons (Fsp3) is 0.235. The van der Waals surface area contributed by atoms with Gasteiger partial charge in [0.25, 0.3) is 5.91 Å². The van der Waals surface area contributed by atoms with Gasteiger partial charge in [0.2, 0.25) is 0 Å². The van der Waals surface area contributed by atoms with Crippen molar-refractivity contribution in [1.29, 1.82) is 0 Å². The lowest BCUT2D eigenvalue weighted by molar-refractivity contribution is 0.102. The molecule has 3 rings (SSSR count). The number of hydrogen-bond acceptors (Lipinski definition) is 5. The van der Waals surface area contributed by atoms with Gasteiger partial charge in [-0.05, 0) is 24.3 Å². The maximum Gasteiger partial charge on any atom is 0.261 e. The van der Waals surface area contributed by atoms with E-state index in [-0.39, 0.29) is 5.91 Å². The van der Waals surface area contributed by atoms with E-state index >= 15 is 0 Å². The predicted molar refractivity (Wildman–Crippen MR) is 94.4 cm³/mol. The van der Waals surface area contributed by atoms with Crippen LogP contribution in [0.1, 0.15) is 16.8 Å². The number of carbonyl (C=O) groups is 1. The van der Waals surface area contributed by atoms with E-state index in [2.05, 4.69) is 15.4 Å². The van der Waals surface area contributed by atoms with Crippen molar-refractivity contribution in [3.05, 3.63) is 53.4 Å². The topological polar surface area (TPSA) is 77.8 Å². The number of nitrogens with one attached hydrogen (secondary N) is 1. The number of rotatable bonds is 7. The number of fused-ring (bicyclic) bond motifs is 1. The Kier molecular flexibility index (Phi) is 5.47. The first-order valence-corrected chi connectivity index (χ1v) is 8.08. The second-order valence-corrected chi connectivity index (χ2v) is 5.67. The Morgan fingerprint density at radius 1 is 1.36 bits per heavy atom. The molecule has 0 saturated carbocycles. The summed E-state index contributed by atoms with van der Waals surface area (Å²) in [7, 11) is 1.64. The Balaban J connectivity index is 1.79. The summed E-state index contributed by atoms with van der Waals surface area (Å²) in [6, 6.07) is 6.81. The second kappa shape index (κ2) is 7.96. The summed E-state index contributed by atoms with van der Waals surface area (Å²) in [4.78, 5) is 16.8. The molecule has 0 aliphatic heterocycles. The molecule has 0 aliphatic carbocycles. The molecule has 2 heterocycles. The van der Waals surface area contributed by atoms with Gasteiger partial charge in [-0.1, -0.05) is 11.6 Å². The zero-order valence-corrected chi connectivity index (χ0v) is 14.4. The van der Waals surface area contributed by atoms with E-state index in [0.717, 1.165) is 6.42 Å². The van der Waals surface area contributed by atoms with Crippen LogP contribution in [0.5, 0.6) is 5.75 Å². The summed E-state index contributed by atoms with van der Waals surface area (Å²) in [6.07, 6.45) is 5.55. The van der Waals surface area contributed by atoms with Gasteiger partial charge in [-0.15, -0.1) is 0 Å². The molecule has 0 saturated heterocycles. The first-order valence-electron chi connectivity index (χ1n) is 7.70. The molecule has 2 aromatic heterocycles. The summed E-state index contributed by atoms with van der Waals surface area (Å²) >= 11 is 6.05. The number of ether oxygens (including phenoxy) is 2. The maximum absolute atomic E-state index is 12.6. The number of nitrogens with zero attached hydrogens (tertiary/aromatic N) is 3. The monoisotopic (exact) mass is 360 g/mol. The van der Waals surface area contributed by atoms with Gasteiger partial charge in [-0.25, -0.2) is 9.50 Å². The molecular weight excluding hydrogens is 344 g/mol. The van der Waals surface area contributed by atoms with E-state index < -0.39 is 0 Å². The third-order valence-corrected chi connectivity index (χ3v) is 3.70. The highest BCUT2D eigenvalue weighted by Crippen LogP contribution is 2.29. The van der Waals surface area contributed by atoms with Gasteiger partial charge in [0.05, 0.1) is 18.5 Å². The highest BCUT2D eigenvalue weighted by atomic mass is 35.5. The Hall–Kier alpha value is -2.64. The lowest BCUT2D eigenvalue weighted by Gasteiger charge is -2.12. The average molecular weight is 361 g/mol. The van der Waals surface area contributed by atoms with Gasteiger partial charge in [-0.2, -0.15) is 5.10 Å². The van der Waals surface area contributed by atoms with Crippen molar-refractivity contribution in [2.24, 2.45) is 0 Å². The van der Waals surface area contributed by atoms with E-state index in [9.17, 15) is 4.79 Å². The van der Waals surface area contributed by atoms with E-state index in [4.69, 9.17) is 21.1 Å². The van der Waals surface area contributed by atoms with Crippen molar-refractivity contribution < 1.29 is 14.3 Å². The van der Waals surface area contributed by atoms with E-state index in [1.807, 2.05) is 0 Å². The van der Waals surface area contributed by atoms with Crippen molar-refractivity contribution >= 4 is 28.8 Å². The third-order valence-electron chi connectivity index (χ3n) is 3.46. The molecular formula is C17H17ClN4O3. The molecule has 130 valence electrons. The van der Waals surface area contributed by atoms with Gasteiger partial charge in [0, 0.05) is 37.6 Å². The zero-order valence-electron chi connectivity index (χ0n) is 13.6. The number of benzene rings is 1. The largest absolute Gasteiger partial charge is 0.491 e. The SMILES string of the molecule is COCCCOc1ccc(Cl)cc1NC(=O)c1cnn2cccnc12. The van der Waals surface area contributed by atoms with Gasteiger partial charge in [-0.3, -0.25) is 4.79 Å². The third kappa shape index (κ3) is 4.07. The Labute approximate surface area is 149 Å². The second-order valence-electron chi connectivity index (χ2n) is 5.24. The fourth-order valence-electron chi connectivity index (χ4n) is 2.29. The Bertz CT molecular complexity index is 881. The van der Waals surface area contributed by atoms with Crippen LogP contribution in [-0.2, 0) is 4.74 Å². The van der Waals surface area contributed by atoms with Crippen molar-refractivity contribution in [2.75, 3.05) is 25.6 Å². The summed E-state index contributed by atoms with van der Waals surface area (Å²) < 4.78 is 12.2. The molecule has 1 aromatic carbocycles. The molecule has 7 nitrogen and oxygen atoms in total. The lowest BCUT2D eigenvalue weighted by Crippen LogP contribution is -2.13. The molecule has 1 N–H and O–H groups in total. The van der Waals surface area contributed by atoms with Crippen molar-refractivity contribution in [1.82, 2.24) is 14.6 Å². The van der Waals surface area contributed by atoms with E-state index in [1.54, 1.807) is 43.8 Å². The number of hydrogen-bond donors (Lipinski definition) is 1. The highest BCUT2D eigenvalue weighted by molar-refractivity contribution is 6.31. The lowest BCUT2D eigenvalue weighted by atomic mass is 10.2. The number of halogens is 1. The first-order chi connectivity index (χ1) is 12.2. The molecule has 0 aliphatic rings. The van der Waals surface area contributed by atoms with Crippen molar-refractivity contribution in [3.8, 4) is 5.75 Å². The molecule has 0 radical (unpaired) electrons. The molecule has 3 aromatic rings. The molecule has 25 heavy (non-hydrogen) atoms. The molecule has 1 amide bonds. The van der Waals surface area contributed by atoms with Crippen LogP contribution in [0.2, 0.25) is 5.02 Å². The molecule has 0 bridgehead atoms. The van der Waals surface area contributed by atoms with Gasteiger partial charge < -0.3 is 14.8 Å². The number of anilines is 1.